The van der Waals surface area contributed by atoms with Gasteiger partial charge in [-0.05, 0) is 42.0 Å². The van der Waals surface area contributed by atoms with E-state index in [9.17, 15) is 4.39 Å². The molecule has 0 aromatic heterocycles. The highest BCUT2D eigenvalue weighted by molar-refractivity contribution is 5.21. The first-order valence-electron chi connectivity index (χ1n) is 7.00. The zero-order valence-corrected chi connectivity index (χ0v) is 12.0. The first kappa shape index (κ1) is 15.2. The van der Waals surface area contributed by atoms with Crippen LogP contribution in [0.25, 0.3) is 0 Å². The predicted octanol–water partition coefficient (Wildman–Crippen LogP) is 4.20. The Labute approximate surface area is 111 Å². The molecular formula is C16H26FN. The molecule has 0 heterocycles. The van der Waals surface area contributed by atoms with Crippen molar-refractivity contribution < 1.29 is 4.39 Å². The Morgan fingerprint density at radius 1 is 1.17 bits per heavy atom. The normalized spacial score (nSPS) is 14.8. The smallest absolute Gasteiger partial charge is 0.123 e. The van der Waals surface area contributed by atoms with Crippen LogP contribution in [0.5, 0.6) is 0 Å². The van der Waals surface area contributed by atoms with E-state index in [1.165, 1.54) is 6.07 Å². The zero-order chi connectivity index (χ0) is 13.5. The van der Waals surface area contributed by atoms with Gasteiger partial charge in [-0.15, -0.1) is 0 Å². The van der Waals surface area contributed by atoms with Crippen molar-refractivity contribution in [2.24, 2.45) is 11.8 Å². The van der Waals surface area contributed by atoms with E-state index in [0.717, 1.165) is 25.1 Å². The Kier molecular flexibility index (Phi) is 6.34. The summed E-state index contributed by atoms with van der Waals surface area (Å²) in [4.78, 5) is 0. The molecule has 18 heavy (non-hydrogen) atoms. The fourth-order valence-corrected chi connectivity index (χ4v) is 2.20. The molecule has 0 amide bonds. The van der Waals surface area contributed by atoms with Crippen molar-refractivity contribution in [3.63, 3.8) is 0 Å². The lowest BCUT2D eigenvalue weighted by Crippen LogP contribution is -2.28. The average Bonchev–Trinajstić information content (AvgIpc) is 2.33. The van der Waals surface area contributed by atoms with E-state index in [4.69, 9.17) is 0 Å². The number of hydrogen-bond acceptors (Lipinski definition) is 1. The van der Waals surface area contributed by atoms with Gasteiger partial charge >= 0.3 is 0 Å². The van der Waals surface area contributed by atoms with E-state index >= 15 is 0 Å². The largest absolute Gasteiger partial charge is 0.316 e. The Morgan fingerprint density at radius 2 is 1.89 bits per heavy atom. The van der Waals surface area contributed by atoms with E-state index in [1.807, 2.05) is 12.1 Å². The van der Waals surface area contributed by atoms with Gasteiger partial charge in [-0.25, -0.2) is 4.39 Å². The monoisotopic (exact) mass is 251 g/mol. The number of nitrogens with one attached hydrogen (secondary N) is 1. The van der Waals surface area contributed by atoms with Crippen molar-refractivity contribution in [1.29, 1.82) is 0 Å². The zero-order valence-electron chi connectivity index (χ0n) is 12.0. The van der Waals surface area contributed by atoms with Crippen LogP contribution in [0.15, 0.2) is 24.3 Å². The molecule has 102 valence electrons. The van der Waals surface area contributed by atoms with E-state index in [1.54, 1.807) is 6.07 Å². The molecule has 1 aromatic carbocycles. The fraction of sp³-hybridized carbons (Fsp3) is 0.625. The van der Waals surface area contributed by atoms with Crippen molar-refractivity contribution in [3.8, 4) is 0 Å². The van der Waals surface area contributed by atoms with Crippen molar-refractivity contribution in [2.75, 3.05) is 13.1 Å². The second kappa shape index (κ2) is 7.52. The maximum Gasteiger partial charge on any atom is 0.123 e. The summed E-state index contributed by atoms with van der Waals surface area (Å²) in [6, 6.07) is 7.03. The quantitative estimate of drug-likeness (QED) is 0.765. The van der Waals surface area contributed by atoms with E-state index < -0.39 is 0 Å². The lowest BCUT2D eigenvalue weighted by Gasteiger charge is -2.24. The van der Waals surface area contributed by atoms with E-state index in [-0.39, 0.29) is 5.82 Å². The molecular weight excluding hydrogens is 225 g/mol. The highest BCUT2D eigenvalue weighted by Crippen LogP contribution is 2.26. The summed E-state index contributed by atoms with van der Waals surface area (Å²) < 4.78 is 13.3. The van der Waals surface area contributed by atoms with Crippen molar-refractivity contribution >= 4 is 0 Å². The third-order valence-electron chi connectivity index (χ3n) is 3.52. The summed E-state index contributed by atoms with van der Waals surface area (Å²) in [7, 11) is 0. The maximum atomic E-state index is 13.3. The number of rotatable bonds is 7. The Bertz CT molecular complexity index is 349. The minimum Gasteiger partial charge on any atom is -0.316 e. The second-order valence-electron chi connectivity index (χ2n) is 5.60. The van der Waals surface area contributed by atoms with Gasteiger partial charge in [-0.3, -0.25) is 0 Å². The molecule has 0 aliphatic carbocycles. The van der Waals surface area contributed by atoms with E-state index in [0.29, 0.717) is 17.8 Å². The maximum absolute atomic E-state index is 13.3. The number of benzene rings is 1. The Balaban J connectivity index is 2.72. The summed E-state index contributed by atoms with van der Waals surface area (Å²) in [6.45, 7) is 10.8. The fourth-order valence-electron chi connectivity index (χ4n) is 2.20. The molecule has 2 heteroatoms. The molecule has 2 unspecified atom stereocenters. The van der Waals surface area contributed by atoms with E-state index in [2.05, 4.69) is 33.0 Å². The molecule has 1 nitrogen and oxygen atoms in total. The van der Waals surface area contributed by atoms with Crippen LogP contribution in [0.3, 0.4) is 0 Å². The van der Waals surface area contributed by atoms with Crippen molar-refractivity contribution in [1.82, 2.24) is 5.32 Å². The minimum absolute atomic E-state index is 0.135. The molecule has 0 bridgehead atoms. The van der Waals surface area contributed by atoms with Crippen LogP contribution >= 0.6 is 0 Å². The van der Waals surface area contributed by atoms with Crippen LogP contribution in [0.4, 0.5) is 4.39 Å². The van der Waals surface area contributed by atoms with Gasteiger partial charge in [0.05, 0.1) is 0 Å². The van der Waals surface area contributed by atoms with Gasteiger partial charge in [0.2, 0.25) is 0 Å². The van der Waals surface area contributed by atoms with Gasteiger partial charge in [-0.1, -0.05) is 46.2 Å². The lowest BCUT2D eigenvalue weighted by atomic mass is 9.85. The molecule has 1 rings (SSSR count). The molecule has 0 radical (unpaired) electrons. The molecule has 2 atom stereocenters. The molecule has 1 N–H and O–H groups in total. The molecule has 0 saturated carbocycles. The van der Waals surface area contributed by atoms with Crippen molar-refractivity contribution in [3.05, 3.63) is 35.6 Å². The van der Waals surface area contributed by atoms with Gasteiger partial charge in [-0.2, -0.15) is 0 Å². The lowest BCUT2D eigenvalue weighted by molar-refractivity contribution is 0.408. The van der Waals surface area contributed by atoms with Crippen LogP contribution in [-0.4, -0.2) is 13.1 Å². The third kappa shape index (κ3) is 4.77. The third-order valence-corrected chi connectivity index (χ3v) is 3.52. The molecule has 0 saturated heterocycles. The topological polar surface area (TPSA) is 12.0 Å². The van der Waals surface area contributed by atoms with Gasteiger partial charge < -0.3 is 5.32 Å². The molecule has 0 aliphatic heterocycles. The van der Waals surface area contributed by atoms with Crippen LogP contribution in [0, 0.1) is 17.7 Å². The summed E-state index contributed by atoms with van der Waals surface area (Å²) in [5, 5.41) is 3.50. The van der Waals surface area contributed by atoms with Crippen LogP contribution in [-0.2, 0) is 0 Å². The SMILES string of the molecule is CCC(C)C(CNCC(C)C)c1cccc(F)c1. The number of halogens is 1. The van der Waals surface area contributed by atoms with Gasteiger partial charge in [0, 0.05) is 6.54 Å². The number of hydrogen-bond donors (Lipinski definition) is 1. The standard InChI is InChI=1S/C16H26FN/c1-5-13(4)16(11-18-10-12(2)3)14-7-6-8-15(17)9-14/h6-9,12-13,16,18H,5,10-11H2,1-4H3. The van der Waals surface area contributed by atoms with Crippen LogP contribution < -0.4 is 5.32 Å². The molecule has 1 aromatic rings. The molecule has 0 spiro atoms. The minimum atomic E-state index is -0.135. The molecule has 0 aliphatic rings. The average molecular weight is 251 g/mol. The molecule has 0 fully saturated rings. The Morgan fingerprint density at radius 3 is 2.44 bits per heavy atom. The van der Waals surface area contributed by atoms with Gasteiger partial charge in [0.15, 0.2) is 0 Å². The van der Waals surface area contributed by atoms with Gasteiger partial charge in [0.25, 0.3) is 0 Å². The highest BCUT2D eigenvalue weighted by atomic mass is 19.1. The van der Waals surface area contributed by atoms with Crippen LogP contribution in [0.1, 0.15) is 45.6 Å². The predicted molar refractivity (Wildman–Crippen MR) is 76.3 cm³/mol. The Hall–Kier alpha value is -0.890. The van der Waals surface area contributed by atoms with Crippen LogP contribution in [0.2, 0.25) is 0 Å². The summed E-state index contributed by atoms with van der Waals surface area (Å²) in [5.41, 5.74) is 1.11. The van der Waals surface area contributed by atoms with Gasteiger partial charge in [0.1, 0.15) is 5.82 Å². The second-order valence-corrected chi connectivity index (χ2v) is 5.60. The summed E-state index contributed by atoms with van der Waals surface area (Å²) in [6.07, 6.45) is 1.12. The summed E-state index contributed by atoms with van der Waals surface area (Å²) in [5.74, 6) is 1.47. The first-order chi connectivity index (χ1) is 8.54. The first-order valence-corrected chi connectivity index (χ1v) is 7.00. The highest BCUT2D eigenvalue weighted by Gasteiger charge is 2.18. The van der Waals surface area contributed by atoms with Crippen molar-refractivity contribution in [2.45, 2.75) is 40.0 Å². The summed E-state index contributed by atoms with van der Waals surface area (Å²) >= 11 is 0.